The van der Waals surface area contributed by atoms with Crippen molar-refractivity contribution in [1.29, 1.82) is 5.26 Å². The molecule has 0 aromatic rings. The molecule has 1 unspecified atom stereocenters. The Morgan fingerprint density at radius 2 is 2.33 bits per heavy atom. The summed E-state index contributed by atoms with van der Waals surface area (Å²) in [6.45, 7) is 4.74. The molecule has 0 bridgehead atoms. The Labute approximate surface area is 56.4 Å². The summed E-state index contributed by atoms with van der Waals surface area (Å²) in [5.41, 5.74) is 0. The Morgan fingerprint density at radius 3 is 2.78 bits per heavy atom. The molecule has 0 aliphatic carbocycles. The van der Waals surface area contributed by atoms with E-state index in [9.17, 15) is 0 Å². The summed E-state index contributed by atoms with van der Waals surface area (Å²) in [7, 11) is 0. The second kappa shape index (κ2) is 5.58. The van der Waals surface area contributed by atoms with Crippen molar-refractivity contribution in [3.8, 4) is 6.07 Å². The van der Waals surface area contributed by atoms with Gasteiger partial charge in [-0.1, -0.05) is 6.92 Å². The maximum absolute atomic E-state index is 8.21. The highest BCUT2D eigenvalue weighted by atomic mass is 16.5. The second-order valence-electron chi connectivity index (χ2n) is 2.04. The predicted octanol–water partition coefficient (Wildman–Crippen LogP) is 1.72. The smallest absolute Gasteiger partial charge is 0.0676 e. The molecule has 2 nitrogen and oxygen atoms in total. The van der Waals surface area contributed by atoms with Crippen molar-refractivity contribution in [2.24, 2.45) is 0 Å². The second-order valence-corrected chi connectivity index (χ2v) is 2.04. The van der Waals surface area contributed by atoms with Crippen LogP contribution in [-0.4, -0.2) is 12.7 Å². The van der Waals surface area contributed by atoms with Crippen molar-refractivity contribution in [1.82, 2.24) is 0 Å². The van der Waals surface area contributed by atoms with Crippen molar-refractivity contribution in [2.75, 3.05) is 6.61 Å². The number of ether oxygens (including phenoxy) is 1. The lowest BCUT2D eigenvalue weighted by Crippen LogP contribution is -2.07. The lowest BCUT2D eigenvalue weighted by molar-refractivity contribution is 0.0698. The zero-order valence-corrected chi connectivity index (χ0v) is 6.05. The summed E-state index contributed by atoms with van der Waals surface area (Å²) < 4.78 is 5.21. The van der Waals surface area contributed by atoms with Crippen LogP contribution in [-0.2, 0) is 4.74 Å². The van der Waals surface area contributed by atoms with E-state index in [-0.39, 0.29) is 6.10 Å². The molecule has 9 heavy (non-hydrogen) atoms. The Balaban J connectivity index is 3.08. The molecule has 0 heterocycles. The quantitative estimate of drug-likeness (QED) is 0.576. The average Bonchev–Trinajstić information content (AvgIpc) is 1.85. The zero-order chi connectivity index (χ0) is 7.11. The third kappa shape index (κ3) is 5.32. The summed E-state index contributed by atoms with van der Waals surface area (Å²) in [4.78, 5) is 0. The van der Waals surface area contributed by atoms with Crippen molar-refractivity contribution < 1.29 is 4.74 Å². The van der Waals surface area contributed by atoms with Crippen LogP contribution in [0.15, 0.2) is 0 Å². The first-order valence-corrected chi connectivity index (χ1v) is 3.29. The Hall–Kier alpha value is -0.550. The number of hydrogen-bond donors (Lipinski definition) is 0. The van der Waals surface area contributed by atoms with Gasteiger partial charge in [0.2, 0.25) is 0 Å². The molecule has 0 aliphatic rings. The van der Waals surface area contributed by atoms with Gasteiger partial charge in [0.25, 0.3) is 0 Å². The van der Waals surface area contributed by atoms with Crippen LogP contribution in [0.5, 0.6) is 0 Å². The van der Waals surface area contributed by atoms with Gasteiger partial charge in [-0.3, -0.25) is 0 Å². The van der Waals surface area contributed by atoms with E-state index in [1.54, 1.807) is 0 Å². The average molecular weight is 127 g/mol. The van der Waals surface area contributed by atoms with E-state index in [4.69, 9.17) is 10.00 Å². The van der Waals surface area contributed by atoms with Crippen molar-refractivity contribution in [3.05, 3.63) is 0 Å². The zero-order valence-electron chi connectivity index (χ0n) is 6.05. The SMILES string of the molecule is CCCOC(C)CC#N. The molecule has 0 saturated carbocycles. The Bertz CT molecular complexity index is 95.6. The van der Waals surface area contributed by atoms with Crippen LogP contribution in [0.3, 0.4) is 0 Å². The summed E-state index contributed by atoms with van der Waals surface area (Å²) in [6, 6.07) is 2.05. The molecule has 1 atom stereocenters. The van der Waals surface area contributed by atoms with Crippen LogP contribution in [0.1, 0.15) is 26.7 Å². The van der Waals surface area contributed by atoms with Crippen LogP contribution in [0.4, 0.5) is 0 Å². The topological polar surface area (TPSA) is 33.0 Å². The van der Waals surface area contributed by atoms with E-state index in [0.717, 1.165) is 13.0 Å². The first kappa shape index (κ1) is 8.45. The molecular weight excluding hydrogens is 114 g/mol. The van der Waals surface area contributed by atoms with E-state index in [1.165, 1.54) is 0 Å². The molecule has 0 N–H and O–H groups in total. The van der Waals surface area contributed by atoms with Gasteiger partial charge in [0.15, 0.2) is 0 Å². The van der Waals surface area contributed by atoms with Gasteiger partial charge in [0.1, 0.15) is 0 Å². The Kier molecular flexibility index (Phi) is 5.24. The molecule has 0 spiro atoms. The highest BCUT2D eigenvalue weighted by molar-refractivity contribution is 4.72. The fourth-order valence-corrected chi connectivity index (χ4v) is 0.507. The van der Waals surface area contributed by atoms with Crippen LogP contribution in [0.25, 0.3) is 0 Å². The molecule has 2 heteroatoms. The summed E-state index contributed by atoms with van der Waals surface area (Å²) in [5.74, 6) is 0. The monoisotopic (exact) mass is 127 g/mol. The van der Waals surface area contributed by atoms with Gasteiger partial charge in [-0.05, 0) is 13.3 Å². The molecular formula is C7H13NO. The number of nitriles is 1. The van der Waals surface area contributed by atoms with E-state index in [0.29, 0.717) is 6.42 Å². The predicted molar refractivity (Wildman–Crippen MR) is 35.9 cm³/mol. The van der Waals surface area contributed by atoms with Crippen LogP contribution in [0.2, 0.25) is 0 Å². The van der Waals surface area contributed by atoms with Crippen molar-refractivity contribution in [2.45, 2.75) is 32.8 Å². The Morgan fingerprint density at radius 1 is 1.67 bits per heavy atom. The molecule has 0 radical (unpaired) electrons. The summed E-state index contributed by atoms with van der Waals surface area (Å²) in [5, 5.41) is 8.21. The standard InChI is InChI=1S/C7H13NO/c1-3-6-9-7(2)4-5-8/h7H,3-4,6H2,1-2H3. The van der Waals surface area contributed by atoms with Crippen molar-refractivity contribution in [3.63, 3.8) is 0 Å². The van der Waals surface area contributed by atoms with Gasteiger partial charge < -0.3 is 4.74 Å². The molecule has 0 aromatic heterocycles. The minimum Gasteiger partial charge on any atom is -0.377 e. The number of nitrogens with zero attached hydrogens (tertiary/aromatic N) is 1. The molecule has 52 valence electrons. The summed E-state index contributed by atoms with van der Waals surface area (Å²) >= 11 is 0. The van der Waals surface area contributed by atoms with Gasteiger partial charge in [0.05, 0.1) is 18.6 Å². The minimum atomic E-state index is 0.106. The van der Waals surface area contributed by atoms with E-state index in [1.807, 2.05) is 6.92 Å². The molecule has 0 rings (SSSR count). The third-order valence-corrected chi connectivity index (χ3v) is 0.985. The van der Waals surface area contributed by atoms with Crippen LogP contribution >= 0.6 is 0 Å². The van der Waals surface area contributed by atoms with Gasteiger partial charge in [-0.2, -0.15) is 5.26 Å². The van der Waals surface area contributed by atoms with Crippen molar-refractivity contribution >= 4 is 0 Å². The number of hydrogen-bond acceptors (Lipinski definition) is 2. The molecule has 0 fully saturated rings. The van der Waals surface area contributed by atoms with E-state index >= 15 is 0 Å². The fraction of sp³-hybridized carbons (Fsp3) is 0.857. The summed E-state index contributed by atoms with van der Waals surface area (Å²) in [6.07, 6.45) is 1.63. The minimum absolute atomic E-state index is 0.106. The van der Waals surface area contributed by atoms with E-state index in [2.05, 4.69) is 13.0 Å². The fourth-order valence-electron chi connectivity index (χ4n) is 0.507. The van der Waals surface area contributed by atoms with Crippen LogP contribution in [0, 0.1) is 11.3 Å². The molecule has 0 amide bonds. The maximum Gasteiger partial charge on any atom is 0.0676 e. The lowest BCUT2D eigenvalue weighted by Gasteiger charge is -2.06. The molecule has 0 saturated heterocycles. The number of rotatable bonds is 4. The first-order valence-electron chi connectivity index (χ1n) is 3.29. The molecule has 0 aromatic carbocycles. The van der Waals surface area contributed by atoms with Gasteiger partial charge in [0, 0.05) is 6.61 Å². The van der Waals surface area contributed by atoms with Crippen LogP contribution < -0.4 is 0 Å². The highest BCUT2D eigenvalue weighted by Gasteiger charge is 1.97. The largest absolute Gasteiger partial charge is 0.377 e. The first-order chi connectivity index (χ1) is 4.31. The maximum atomic E-state index is 8.21. The molecule has 0 aliphatic heterocycles. The lowest BCUT2D eigenvalue weighted by atomic mass is 10.3. The third-order valence-electron chi connectivity index (χ3n) is 0.985. The van der Waals surface area contributed by atoms with Gasteiger partial charge >= 0.3 is 0 Å². The highest BCUT2D eigenvalue weighted by Crippen LogP contribution is 1.95. The van der Waals surface area contributed by atoms with E-state index < -0.39 is 0 Å². The van der Waals surface area contributed by atoms with Gasteiger partial charge in [-0.15, -0.1) is 0 Å². The van der Waals surface area contributed by atoms with Gasteiger partial charge in [-0.25, -0.2) is 0 Å². The normalized spacial score (nSPS) is 12.6.